The fourth-order valence-electron chi connectivity index (χ4n) is 2.86. The third-order valence-corrected chi connectivity index (χ3v) is 4.23. The van der Waals surface area contributed by atoms with Crippen LogP contribution in [0.1, 0.15) is 50.6 Å². The predicted octanol–water partition coefficient (Wildman–Crippen LogP) is 2.54. The van der Waals surface area contributed by atoms with Gasteiger partial charge in [-0.3, -0.25) is 4.68 Å². The summed E-state index contributed by atoms with van der Waals surface area (Å²) in [6.45, 7) is 4.51. The van der Waals surface area contributed by atoms with Crippen molar-refractivity contribution < 1.29 is 0 Å². The molecular weight excluding hydrogens is 210 g/mol. The molecule has 0 saturated heterocycles. The van der Waals surface area contributed by atoms with Gasteiger partial charge in [0.15, 0.2) is 0 Å². The molecule has 0 aliphatic heterocycles. The number of hydrogen-bond donors (Lipinski definition) is 1. The van der Waals surface area contributed by atoms with Gasteiger partial charge in [-0.25, -0.2) is 0 Å². The quantitative estimate of drug-likeness (QED) is 0.818. The Kier molecular flexibility index (Phi) is 3.19. The first-order valence-electron chi connectivity index (χ1n) is 7.13. The summed E-state index contributed by atoms with van der Waals surface area (Å²) in [6.07, 6.45) is 8.67. The highest BCUT2D eigenvalue weighted by Gasteiger charge is 2.35. The van der Waals surface area contributed by atoms with E-state index in [4.69, 9.17) is 0 Å². The summed E-state index contributed by atoms with van der Waals surface area (Å²) in [5.74, 6) is 1.61. The van der Waals surface area contributed by atoms with Crippen molar-refractivity contribution in [2.75, 3.05) is 6.54 Å². The Morgan fingerprint density at radius 1 is 1.35 bits per heavy atom. The molecule has 1 N–H and O–H groups in total. The van der Waals surface area contributed by atoms with E-state index in [0.29, 0.717) is 0 Å². The molecular formula is C14H23N3. The van der Waals surface area contributed by atoms with Crippen LogP contribution in [0.3, 0.4) is 0 Å². The second-order valence-electron chi connectivity index (χ2n) is 5.61. The Labute approximate surface area is 104 Å². The zero-order valence-electron chi connectivity index (χ0n) is 10.7. The van der Waals surface area contributed by atoms with Crippen LogP contribution in [0.15, 0.2) is 12.3 Å². The van der Waals surface area contributed by atoms with Crippen LogP contribution in [0.25, 0.3) is 0 Å². The summed E-state index contributed by atoms with van der Waals surface area (Å²) in [4.78, 5) is 0. The Hall–Kier alpha value is -0.830. The summed E-state index contributed by atoms with van der Waals surface area (Å²) in [7, 11) is 0. The maximum atomic E-state index is 4.45. The molecule has 2 aliphatic rings. The van der Waals surface area contributed by atoms with Gasteiger partial charge in [-0.2, -0.15) is 5.10 Å². The standard InChI is InChI=1S/C14H23N3/c1-2-9-17-14(7-8-16-17)13-6-3-11(13)10-15-12-4-5-12/h7-8,11-13,15H,2-6,9-10H2,1H3. The zero-order valence-corrected chi connectivity index (χ0v) is 10.7. The molecule has 2 saturated carbocycles. The van der Waals surface area contributed by atoms with Gasteiger partial charge in [0, 0.05) is 30.4 Å². The average Bonchev–Trinajstić information content (AvgIpc) is 3.01. The van der Waals surface area contributed by atoms with Crippen molar-refractivity contribution in [3.63, 3.8) is 0 Å². The molecule has 2 aliphatic carbocycles. The van der Waals surface area contributed by atoms with E-state index in [9.17, 15) is 0 Å². The van der Waals surface area contributed by atoms with E-state index in [1.54, 1.807) is 0 Å². The molecule has 3 nitrogen and oxygen atoms in total. The second kappa shape index (κ2) is 4.81. The van der Waals surface area contributed by atoms with Gasteiger partial charge >= 0.3 is 0 Å². The summed E-state index contributed by atoms with van der Waals surface area (Å²) in [5.41, 5.74) is 1.47. The number of nitrogens with one attached hydrogen (secondary N) is 1. The summed E-state index contributed by atoms with van der Waals surface area (Å²) in [6, 6.07) is 3.07. The van der Waals surface area contributed by atoms with Crippen LogP contribution < -0.4 is 5.32 Å². The van der Waals surface area contributed by atoms with Gasteiger partial charge in [0.25, 0.3) is 0 Å². The van der Waals surface area contributed by atoms with E-state index in [1.165, 1.54) is 44.3 Å². The molecule has 1 aromatic heterocycles. The van der Waals surface area contributed by atoms with E-state index >= 15 is 0 Å². The molecule has 0 aromatic carbocycles. The zero-order chi connectivity index (χ0) is 11.7. The third kappa shape index (κ3) is 2.39. The lowest BCUT2D eigenvalue weighted by atomic mass is 9.71. The molecule has 1 aromatic rings. The van der Waals surface area contributed by atoms with Gasteiger partial charge in [-0.05, 0) is 50.6 Å². The molecule has 1 heterocycles. The third-order valence-electron chi connectivity index (χ3n) is 4.23. The largest absolute Gasteiger partial charge is 0.314 e. The fraction of sp³-hybridized carbons (Fsp3) is 0.786. The SMILES string of the molecule is CCCn1nccc1C1CCC1CNC1CC1. The fourth-order valence-corrected chi connectivity index (χ4v) is 2.86. The molecule has 0 radical (unpaired) electrons. The van der Waals surface area contributed by atoms with Gasteiger partial charge < -0.3 is 5.32 Å². The Morgan fingerprint density at radius 3 is 2.88 bits per heavy atom. The van der Waals surface area contributed by atoms with Gasteiger partial charge in [0.05, 0.1) is 0 Å². The highest BCUT2D eigenvalue weighted by Crippen LogP contribution is 2.42. The Morgan fingerprint density at radius 2 is 2.24 bits per heavy atom. The number of aromatic nitrogens is 2. The van der Waals surface area contributed by atoms with Crippen molar-refractivity contribution in [2.24, 2.45) is 5.92 Å². The molecule has 2 unspecified atom stereocenters. The molecule has 2 atom stereocenters. The van der Waals surface area contributed by atoms with Crippen molar-refractivity contribution in [3.8, 4) is 0 Å². The van der Waals surface area contributed by atoms with Crippen LogP contribution >= 0.6 is 0 Å². The number of hydrogen-bond acceptors (Lipinski definition) is 2. The van der Waals surface area contributed by atoms with E-state index in [2.05, 4.69) is 28.1 Å². The van der Waals surface area contributed by atoms with Gasteiger partial charge in [-0.15, -0.1) is 0 Å². The Bertz CT molecular complexity index is 367. The highest BCUT2D eigenvalue weighted by atomic mass is 15.3. The first-order valence-corrected chi connectivity index (χ1v) is 7.13. The maximum Gasteiger partial charge on any atom is 0.0492 e. The van der Waals surface area contributed by atoms with E-state index < -0.39 is 0 Å². The predicted molar refractivity (Wildman–Crippen MR) is 69.0 cm³/mol. The smallest absolute Gasteiger partial charge is 0.0492 e. The molecule has 0 bridgehead atoms. The molecule has 94 valence electrons. The van der Waals surface area contributed by atoms with Crippen LogP contribution in [0.5, 0.6) is 0 Å². The lowest BCUT2D eigenvalue weighted by molar-refractivity contribution is 0.233. The second-order valence-corrected chi connectivity index (χ2v) is 5.61. The van der Waals surface area contributed by atoms with Gasteiger partial charge in [-0.1, -0.05) is 6.92 Å². The van der Waals surface area contributed by atoms with Crippen molar-refractivity contribution >= 4 is 0 Å². The van der Waals surface area contributed by atoms with Crippen LogP contribution in [-0.2, 0) is 6.54 Å². The summed E-state index contributed by atoms with van der Waals surface area (Å²) < 4.78 is 2.22. The molecule has 2 fully saturated rings. The van der Waals surface area contributed by atoms with Crippen LogP contribution in [0.2, 0.25) is 0 Å². The topological polar surface area (TPSA) is 29.9 Å². The molecule has 0 spiro atoms. The number of nitrogens with zero attached hydrogens (tertiary/aromatic N) is 2. The van der Waals surface area contributed by atoms with Gasteiger partial charge in [0.1, 0.15) is 0 Å². The maximum absolute atomic E-state index is 4.45. The van der Waals surface area contributed by atoms with E-state index in [0.717, 1.165) is 24.4 Å². The van der Waals surface area contributed by atoms with Crippen molar-refractivity contribution in [2.45, 2.75) is 57.5 Å². The first kappa shape index (κ1) is 11.3. The molecule has 3 rings (SSSR count). The van der Waals surface area contributed by atoms with Crippen molar-refractivity contribution in [1.82, 2.24) is 15.1 Å². The number of aryl methyl sites for hydroxylation is 1. The van der Waals surface area contributed by atoms with Crippen LogP contribution in [0, 0.1) is 5.92 Å². The van der Waals surface area contributed by atoms with Crippen LogP contribution in [-0.4, -0.2) is 22.4 Å². The lowest BCUT2D eigenvalue weighted by Crippen LogP contribution is -2.35. The summed E-state index contributed by atoms with van der Waals surface area (Å²) in [5, 5.41) is 8.12. The Balaban J connectivity index is 1.60. The van der Waals surface area contributed by atoms with Crippen molar-refractivity contribution in [1.29, 1.82) is 0 Å². The van der Waals surface area contributed by atoms with E-state index in [1.807, 2.05) is 6.20 Å². The minimum atomic E-state index is 0.760. The van der Waals surface area contributed by atoms with Gasteiger partial charge in [0.2, 0.25) is 0 Å². The highest BCUT2D eigenvalue weighted by molar-refractivity contribution is 5.14. The summed E-state index contributed by atoms with van der Waals surface area (Å²) >= 11 is 0. The molecule has 17 heavy (non-hydrogen) atoms. The van der Waals surface area contributed by atoms with E-state index in [-0.39, 0.29) is 0 Å². The average molecular weight is 233 g/mol. The lowest BCUT2D eigenvalue weighted by Gasteiger charge is -2.37. The first-order chi connectivity index (χ1) is 8.38. The minimum Gasteiger partial charge on any atom is -0.314 e. The van der Waals surface area contributed by atoms with Crippen LogP contribution in [0.4, 0.5) is 0 Å². The normalized spacial score (nSPS) is 28.1. The monoisotopic (exact) mass is 233 g/mol. The minimum absolute atomic E-state index is 0.760. The van der Waals surface area contributed by atoms with Crippen molar-refractivity contribution in [3.05, 3.63) is 18.0 Å². The molecule has 0 amide bonds. The number of rotatable bonds is 6. The molecule has 3 heteroatoms.